The molecule has 0 aliphatic carbocycles. The number of imide groups is 1. The second-order valence-corrected chi connectivity index (χ2v) is 6.77. The molecule has 1 atom stereocenters. The fourth-order valence-corrected chi connectivity index (χ4v) is 3.70. The van der Waals surface area contributed by atoms with Crippen LogP contribution in [-0.2, 0) is 11.2 Å². The smallest absolute Gasteiger partial charge is 0.262 e. The van der Waals surface area contributed by atoms with E-state index in [1.165, 1.54) is 7.11 Å². The summed E-state index contributed by atoms with van der Waals surface area (Å²) in [6.45, 7) is 4.11. The lowest BCUT2D eigenvalue weighted by molar-refractivity contribution is -0.130. The average molecular weight is 412 g/mol. The van der Waals surface area contributed by atoms with Crippen molar-refractivity contribution in [3.05, 3.63) is 58.7 Å². The molecule has 0 fully saturated rings. The predicted octanol–water partition coefficient (Wildman–Crippen LogP) is 2.89. The number of aryl methyl sites for hydroxylation is 1. The molecule has 1 heterocycles. The van der Waals surface area contributed by atoms with E-state index >= 15 is 0 Å². The molecule has 158 valence electrons. The van der Waals surface area contributed by atoms with Crippen molar-refractivity contribution in [1.82, 2.24) is 10.4 Å². The molecule has 0 aromatic heterocycles. The maximum atomic E-state index is 13.3. The van der Waals surface area contributed by atoms with Crippen molar-refractivity contribution in [2.45, 2.75) is 32.7 Å². The molecule has 2 aromatic carbocycles. The lowest BCUT2D eigenvalue weighted by Crippen LogP contribution is -2.37. The second-order valence-electron chi connectivity index (χ2n) is 6.77. The minimum atomic E-state index is -0.931. The number of hydrogen-bond donors (Lipinski definition) is 2. The van der Waals surface area contributed by atoms with Gasteiger partial charge in [-0.2, -0.15) is 0 Å². The van der Waals surface area contributed by atoms with E-state index in [0.717, 1.165) is 10.5 Å². The zero-order valence-electron chi connectivity index (χ0n) is 17.1. The van der Waals surface area contributed by atoms with Crippen molar-refractivity contribution in [3.63, 3.8) is 0 Å². The molecule has 1 aliphatic rings. The summed E-state index contributed by atoms with van der Waals surface area (Å²) in [5, 5.41) is 9.05. The molecule has 2 aromatic rings. The number of rotatable bonds is 8. The SMILES string of the molecule is CCOc1cc(C(CC(=O)NO)N2C(=O)c3cccc(CC)c3C2=O)ccc1OC. The Bertz CT molecular complexity index is 988. The van der Waals surface area contributed by atoms with E-state index in [0.29, 0.717) is 41.2 Å². The number of hydrogen-bond acceptors (Lipinski definition) is 6. The Balaban J connectivity index is 2.10. The van der Waals surface area contributed by atoms with Gasteiger partial charge in [-0.3, -0.25) is 24.5 Å². The molecule has 3 rings (SSSR count). The number of ether oxygens (including phenoxy) is 2. The average Bonchev–Trinajstić information content (AvgIpc) is 3.02. The Hall–Kier alpha value is -3.39. The van der Waals surface area contributed by atoms with E-state index in [4.69, 9.17) is 14.7 Å². The van der Waals surface area contributed by atoms with Gasteiger partial charge in [0.25, 0.3) is 11.8 Å². The molecule has 1 aliphatic heterocycles. The van der Waals surface area contributed by atoms with Crippen molar-refractivity contribution in [1.29, 1.82) is 0 Å². The van der Waals surface area contributed by atoms with Gasteiger partial charge in [0, 0.05) is 0 Å². The fourth-order valence-electron chi connectivity index (χ4n) is 3.70. The van der Waals surface area contributed by atoms with E-state index in [-0.39, 0.29) is 6.42 Å². The molecule has 8 nitrogen and oxygen atoms in total. The highest BCUT2D eigenvalue weighted by molar-refractivity contribution is 6.22. The quantitative estimate of drug-likeness (QED) is 0.392. The van der Waals surface area contributed by atoms with Gasteiger partial charge in [0.2, 0.25) is 5.91 Å². The van der Waals surface area contributed by atoms with Crippen LogP contribution < -0.4 is 15.0 Å². The third-order valence-corrected chi connectivity index (χ3v) is 5.10. The van der Waals surface area contributed by atoms with Gasteiger partial charge in [0.15, 0.2) is 11.5 Å². The van der Waals surface area contributed by atoms with Gasteiger partial charge in [-0.05, 0) is 42.7 Å². The van der Waals surface area contributed by atoms with Gasteiger partial charge >= 0.3 is 0 Å². The van der Waals surface area contributed by atoms with Crippen LogP contribution in [0.2, 0.25) is 0 Å². The number of nitrogens with one attached hydrogen (secondary N) is 1. The van der Waals surface area contributed by atoms with E-state index in [2.05, 4.69) is 0 Å². The summed E-state index contributed by atoms with van der Waals surface area (Å²) in [6, 6.07) is 9.19. The van der Waals surface area contributed by atoms with Gasteiger partial charge < -0.3 is 9.47 Å². The molecule has 0 spiro atoms. The highest BCUT2D eigenvalue weighted by atomic mass is 16.5. The summed E-state index contributed by atoms with van der Waals surface area (Å²) < 4.78 is 10.9. The van der Waals surface area contributed by atoms with Crippen molar-refractivity contribution in [2.75, 3.05) is 13.7 Å². The molecular formula is C22H24N2O6. The van der Waals surface area contributed by atoms with Crippen LogP contribution in [0.3, 0.4) is 0 Å². The van der Waals surface area contributed by atoms with Gasteiger partial charge in [-0.25, -0.2) is 5.48 Å². The number of fused-ring (bicyclic) bond motifs is 1. The van der Waals surface area contributed by atoms with Crippen LogP contribution >= 0.6 is 0 Å². The first-order valence-electron chi connectivity index (χ1n) is 9.70. The first kappa shape index (κ1) is 21.3. The lowest BCUT2D eigenvalue weighted by Gasteiger charge is -2.26. The third-order valence-electron chi connectivity index (χ3n) is 5.10. The predicted molar refractivity (Wildman–Crippen MR) is 108 cm³/mol. The summed E-state index contributed by atoms with van der Waals surface area (Å²) in [6.07, 6.45) is 0.288. The van der Waals surface area contributed by atoms with E-state index in [9.17, 15) is 14.4 Å². The maximum absolute atomic E-state index is 13.3. The van der Waals surface area contributed by atoms with Crippen LogP contribution in [-0.4, -0.2) is 41.5 Å². The van der Waals surface area contributed by atoms with E-state index in [1.807, 2.05) is 19.9 Å². The Morgan fingerprint density at radius 1 is 1.13 bits per heavy atom. The minimum Gasteiger partial charge on any atom is -0.493 e. The van der Waals surface area contributed by atoms with Gasteiger partial charge in [0.05, 0.1) is 37.3 Å². The van der Waals surface area contributed by atoms with Crippen LogP contribution in [0.15, 0.2) is 36.4 Å². The minimum absolute atomic E-state index is 0.304. The molecule has 3 amide bonds. The number of carbonyl (C=O) groups excluding carboxylic acids is 3. The highest BCUT2D eigenvalue weighted by Gasteiger charge is 2.42. The molecule has 1 unspecified atom stereocenters. The molecule has 0 radical (unpaired) electrons. The van der Waals surface area contributed by atoms with Crippen LogP contribution in [0, 0.1) is 0 Å². The number of hydroxylamine groups is 1. The summed E-state index contributed by atoms with van der Waals surface area (Å²) in [4.78, 5) is 39.5. The van der Waals surface area contributed by atoms with Gasteiger partial charge in [0.1, 0.15) is 0 Å². The van der Waals surface area contributed by atoms with Crippen LogP contribution in [0.1, 0.15) is 58.2 Å². The van der Waals surface area contributed by atoms with Gasteiger partial charge in [-0.1, -0.05) is 25.1 Å². The Labute approximate surface area is 174 Å². The lowest BCUT2D eigenvalue weighted by atomic mass is 10.00. The molecule has 30 heavy (non-hydrogen) atoms. The normalized spacial score (nSPS) is 13.8. The maximum Gasteiger partial charge on any atom is 0.262 e. The zero-order valence-corrected chi connectivity index (χ0v) is 17.1. The Morgan fingerprint density at radius 3 is 2.53 bits per heavy atom. The fraction of sp³-hybridized carbons (Fsp3) is 0.318. The van der Waals surface area contributed by atoms with Gasteiger partial charge in [-0.15, -0.1) is 0 Å². The monoisotopic (exact) mass is 412 g/mol. The number of methoxy groups -OCH3 is 1. The number of nitrogens with zero attached hydrogens (tertiary/aromatic N) is 1. The first-order chi connectivity index (χ1) is 14.5. The summed E-state index contributed by atoms with van der Waals surface area (Å²) in [7, 11) is 1.50. The number of amides is 3. The van der Waals surface area contributed by atoms with Crippen molar-refractivity contribution >= 4 is 17.7 Å². The Morgan fingerprint density at radius 2 is 1.90 bits per heavy atom. The molecule has 2 N–H and O–H groups in total. The number of carbonyl (C=O) groups is 3. The van der Waals surface area contributed by atoms with Crippen molar-refractivity contribution in [3.8, 4) is 11.5 Å². The zero-order chi connectivity index (χ0) is 21.8. The first-order valence-corrected chi connectivity index (χ1v) is 9.70. The standard InChI is InChI=1S/C22H24N2O6/c1-4-13-7-6-8-15-20(13)22(27)24(21(15)26)16(12-19(25)23-28)14-9-10-17(29-3)18(11-14)30-5-2/h6-11,16,28H,4-5,12H2,1-3H3,(H,23,25). The van der Waals surface area contributed by atoms with Crippen LogP contribution in [0.4, 0.5) is 0 Å². The van der Waals surface area contributed by atoms with Crippen LogP contribution in [0.5, 0.6) is 11.5 Å². The molecule has 0 saturated heterocycles. The molecular weight excluding hydrogens is 388 g/mol. The Kier molecular flexibility index (Phi) is 6.37. The number of benzene rings is 2. The van der Waals surface area contributed by atoms with Crippen molar-refractivity contribution < 1.29 is 29.1 Å². The van der Waals surface area contributed by atoms with Crippen molar-refractivity contribution in [2.24, 2.45) is 0 Å². The molecule has 0 saturated carbocycles. The van der Waals surface area contributed by atoms with E-state index < -0.39 is 23.8 Å². The highest BCUT2D eigenvalue weighted by Crippen LogP contribution is 2.38. The summed E-state index contributed by atoms with van der Waals surface area (Å²) in [5.74, 6) is -0.743. The van der Waals surface area contributed by atoms with Crippen LogP contribution in [0.25, 0.3) is 0 Å². The third kappa shape index (κ3) is 3.73. The topological polar surface area (TPSA) is 105 Å². The largest absolute Gasteiger partial charge is 0.493 e. The summed E-state index contributed by atoms with van der Waals surface area (Å²) >= 11 is 0. The second kappa shape index (κ2) is 8.96. The summed E-state index contributed by atoms with van der Waals surface area (Å²) in [5.41, 5.74) is 3.53. The van der Waals surface area contributed by atoms with E-state index in [1.54, 1.807) is 35.8 Å². The molecule has 8 heteroatoms. The molecule has 0 bridgehead atoms.